The molecule has 0 saturated heterocycles. The molecule has 0 aliphatic heterocycles. The summed E-state index contributed by atoms with van der Waals surface area (Å²) in [4.78, 5) is 0. The van der Waals surface area contributed by atoms with Crippen molar-refractivity contribution in [3.8, 4) is 0 Å². The molecule has 0 fully saturated rings. The van der Waals surface area contributed by atoms with Crippen molar-refractivity contribution in [2.24, 2.45) is 0 Å². The molecule has 0 spiro atoms. The standard InChI is InChI=1S/Ag.Na.8O.Pb.2Sb.Sr/q2*+1;;;6*-1;+2;;;+2. The Morgan fingerprint density at radius 2 is 0.714 bits per heavy atom. The smallest absolute Gasteiger partial charge is 2.00 e. The third-order valence-corrected chi connectivity index (χ3v) is 0. The van der Waals surface area contributed by atoms with Crippen LogP contribution in [0.4, 0.5) is 0 Å². The molecule has 0 aliphatic rings. The fourth-order valence-corrected chi connectivity index (χ4v) is 0. The molecule has 8 nitrogen and oxygen atoms in total. The van der Waals surface area contributed by atoms with Gasteiger partial charge in [-0.2, -0.15) is 0 Å². The molecule has 0 bridgehead atoms. The number of hydrogen-bond donors (Lipinski definition) is 0. The minimum atomic E-state index is -6.10. The van der Waals surface area contributed by atoms with Crippen molar-refractivity contribution in [3.63, 3.8) is 0 Å². The topological polar surface area (TPSA) is 172 Å². The molecule has 14 heavy (non-hydrogen) atoms. The molecule has 0 aliphatic carbocycles. The van der Waals surface area contributed by atoms with Crippen LogP contribution in [0.5, 0.6) is 0 Å². The molecule has 0 heterocycles. The van der Waals surface area contributed by atoms with E-state index < -0.39 is 40.1 Å². The van der Waals surface area contributed by atoms with Gasteiger partial charge in [-0.1, -0.05) is 0 Å². The Hall–Kier alpha value is 5.14. The zero-order valence-corrected chi connectivity index (χ0v) is 22.6. The van der Waals surface area contributed by atoms with Crippen LogP contribution in [0.3, 0.4) is 0 Å². The molecule has 0 N–H and O–H groups in total. The summed E-state index contributed by atoms with van der Waals surface area (Å²) in [6, 6.07) is 0. The average molecular weight is 797 g/mol. The second-order valence-electron chi connectivity index (χ2n) is 0.894. The van der Waals surface area contributed by atoms with Crippen molar-refractivity contribution in [2.75, 3.05) is 0 Å². The Balaban J connectivity index is -0.0000000178. The average Bonchev–Trinajstić information content (AvgIpc) is 1.12. The predicted octanol–water partition coefficient (Wildman–Crippen LogP) is -11.9. The van der Waals surface area contributed by atoms with Crippen LogP contribution in [-0.2, 0) is 28.4 Å². The van der Waals surface area contributed by atoms with Crippen LogP contribution < -0.4 is 49.9 Å². The summed E-state index contributed by atoms with van der Waals surface area (Å²) in [6.45, 7) is 0. The quantitative estimate of drug-likeness (QED) is 0.218. The van der Waals surface area contributed by atoms with Crippen molar-refractivity contribution in [2.45, 2.75) is 0 Å². The summed E-state index contributed by atoms with van der Waals surface area (Å²) in [5, 5.41) is 0. The van der Waals surface area contributed by atoms with E-state index in [4.69, 9.17) is 26.3 Å². The fraction of sp³-hybridized carbons (Fsp3) is 0. The van der Waals surface area contributed by atoms with E-state index in [-0.39, 0.29) is 125 Å². The third-order valence-electron chi connectivity index (χ3n) is 0. The molecule has 0 saturated carbocycles. The minimum Gasteiger partial charge on any atom is 2.00 e. The molecule has 0 unspecified atom stereocenters. The predicted molar refractivity (Wildman–Crippen MR) is 24.4 cm³/mol. The molecule has 2 radical (unpaired) electrons. The minimum absolute atomic E-state index is 0. The largest absolute Gasteiger partial charge is 2.00 e. The summed E-state index contributed by atoms with van der Waals surface area (Å²) in [5.74, 6) is 0. The van der Waals surface area contributed by atoms with Crippen LogP contribution in [0.15, 0.2) is 0 Å². The number of hydrogen-bond acceptors (Lipinski definition) is 8. The molecular formula is AgNaO8PbSb2Sr. The first kappa shape index (κ1) is 36.5. The van der Waals surface area contributed by atoms with Crippen molar-refractivity contribution in [1.29, 1.82) is 0 Å². The van der Waals surface area contributed by atoms with Gasteiger partial charge in [-0.3, -0.25) is 0 Å². The van der Waals surface area contributed by atoms with E-state index in [1.165, 1.54) is 0 Å². The van der Waals surface area contributed by atoms with Crippen LogP contribution in [0.25, 0.3) is 0 Å². The SMILES string of the molecule is [Ag+].[Na+].[O]=[Sb]([O-])([O-])[O-].[O]=[Sb]([O-])([O-])[O-].[Pb+2].[Sr+2]. The van der Waals surface area contributed by atoms with E-state index >= 15 is 0 Å². The van der Waals surface area contributed by atoms with E-state index in [9.17, 15) is 0 Å². The van der Waals surface area contributed by atoms with Gasteiger partial charge in [0.15, 0.2) is 0 Å². The molecule has 0 aromatic rings. The molecule has 0 rings (SSSR count). The molecule has 0 atom stereocenters. The monoisotopic (exact) mass is 796 g/mol. The van der Waals surface area contributed by atoms with Crippen LogP contribution in [0.1, 0.15) is 0 Å². The van der Waals surface area contributed by atoms with Gasteiger partial charge < -0.3 is 0 Å². The van der Waals surface area contributed by atoms with Crippen LogP contribution in [0, 0.1) is 0 Å². The normalized spacial score (nSPS) is 8.43. The van der Waals surface area contributed by atoms with E-state index in [0.717, 1.165) is 0 Å². The summed E-state index contributed by atoms with van der Waals surface area (Å²) < 4.78 is 69.1. The van der Waals surface area contributed by atoms with Crippen molar-refractivity contribution in [3.05, 3.63) is 0 Å². The second kappa shape index (κ2) is 18.1. The summed E-state index contributed by atoms with van der Waals surface area (Å²) in [5.41, 5.74) is 0. The van der Waals surface area contributed by atoms with Crippen molar-refractivity contribution < 1.29 is 78.3 Å². The zero-order chi connectivity index (χ0) is 9.00. The summed E-state index contributed by atoms with van der Waals surface area (Å²) >= 11 is -12.2. The Morgan fingerprint density at radius 1 is 0.714 bits per heavy atom. The van der Waals surface area contributed by atoms with Crippen LogP contribution >= 0.6 is 0 Å². The van der Waals surface area contributed by atoms with Crippen molar-refractivity contribution in [1.82, 2.24) is 0 Å². The van der Waals surface area contributed by atoms with Gasteiger partial charge in [0.2, 0.25) is 0 Å². The van der Waals surface area contributed by atoms with E-state index in [1.807, 2.05) is 0 Å². The maximum absolute atomic E-state index is 8.64. The Morgan fingerprint density at radius 3 is 0.714 bits per heavy atom. The van der Waals surface area contributed by atoms with E-state index in [0.29, 0.717) is 0 Å². The van der Waals surface area contributed by atoms with Gasteiger partial charge in [0.05, 0.1) is 0 Å². The van der Waals surface area contributed by atoms with E-state index in [2.05, 4.69) is 0 Å². The molecule has 0 aromatic carbocycles. The van der Waals surface area contributed by atoms with Crippen LogP contribution in [-0.4, -0.2) is 113 Å². The van der Waals surface area contributed by atoms with Gasteiger partial charge in [-0.05, 0) is 0 Å². The summed E-state index contributed by atoms with van der Waals surface area (Å²) in [7, 11) is 0. The molecular weight excluding hydrogens is 797 g/mol. The second-order valence-corrected chi connectivity index (χ2v) is 6.00. The van der Waals surface area contributed by atoms with Gasteiger partial charge >= 0.3 is 191 Å². The fourth-order valence-electron chi connectivity index (χ4n) is 0. The molecule has 0 aromatic heterocycles. The van der Waals surface area contributed by atoms with Gasteiger partial charge in [-0.25, -0.2) is 0 Å². The van der Waals surface area contributed by atoms with Crippen LogP contribution in [0.2, 0.25) is 0 Å². The molecule has 14 heteroatoms. The van der Waals surface area contributed by atoms with Gasteiger partial charge in [0.25, 0.3) is 0 Å². The van der Waals surface area contributed by atoms with Crippen molar-refractivity contribution >= 4 is 113 Å². The first-order valence-corrected chi connectivity index (χ1v) is 9.80. The Labute approximate surface area is 186 Å². The van der Waals surface area contributed by atoms with Gasteiger partial charge in [0.1, 0.15) is 0 Å². The van der Waals surface area contributed by atoms with Gasteiger partial charge in [-0.15, -0.1) is 0 Å². The molecule has 76 valence electrons. The Bertz CT molecular complexity index is 140. The first-order valence-electron chi connectivity index (χ1n) is 1.46. The maximum atomic E-state index is 8.64. The third kappa shape index (κ3) is 169. The number of rotatable bonds is 0. The Kier molecular flexibility index (Phi) is 47.3. The summed E-state index contributed by atoms with van der Waals surface area (Å²) in [6.07, 6.45) is 0. The molecule has 0 amide bonds. The maximum Gasteiger partial charge on any atom is 2.00 e. The van der Waals surface area contributed by atoms with Gasteiger partial charge in [0, 0.05) is 0 Å². The first-order chi connectivity index (χ1) is 4.00. The zero-order valence-electron chi connectivity index (χ0n) is 6.67. The van der Waals surface area contributed by atoms with E-state index in [1.54, 1.807) is 0 Å².